The van der Waals surface area contributed by atoms with Gasteiger partial charge in [-0.15, -0.1) is 11.3 Å². The lowest BCUT2D eigenvalue weighted by Gasteiger charge is -2.35. The van der Waals surface area contributed by atoms with Crippen molar-refractivity contribution in [3.63, 3.8) is 0 Å². The smallest absolute Gasteiger partial charge is 0.185 e. The van der Waals surface area contributed by atoms with Crippen LogP contribution >= 0.6 is 11.3 Å². The summed E-state index contributed by atoms with van der Waals surface area (Å²) in [5, 5.41) is 4.46. The van der Waals surface area contributed by atoms with Crippen molar-refractivity contribution >= 4 is 16.5 Å². The molecule has 4 heteroatoms. The van der Waals surface area contributed by atoms with E-state index in [1.807, 2.05) is 24.6 Å². The summed E-state index contributed by atoms with van der Waals surface area (Å²) in [5.41, 5.74) is 0. The monoisotopic (exact) mass is 253 g/mol. The molecule has 1 aliphatic rings. The van der Waals surface area contributed by atoms with Gasteiger partial charge in [-0.3, -0.25) is 0 Å². The Balaban J connectivity index is 2.05. The van der Waals surface area contributed by atoms with Crippen molar-refractivity contribution in [1.29, 1.82) is 0 Å². The van der Waals surface area contributed by atoms with Gasteiger partial charge in [-0.2, -0.15) is 0 Å². The Hall–Kier alpha value is -0.610. The number of thiazole rings is 1. The van der Waals surface area contributed by atoms with E-state index >= 15 is 0 Å². The number of anilines is 1. The molecule has 0 amide bonds. The molecule has 3 unspecified atom stereocenters. The Bertz CT molecular complexity index is 363. The highest BCUT2D eigenvalue weighted by Gasteiger charge is 2.24. The summed E-state index contributed by atoms with van der Waals surface area (Å²) in [6.07, 6.45) is 3.31. The average Bonchev–Trinajstić information content (AvgIpc) is 2.81. The van der Waals surface area contributed by atoms with E-state index in [0.29, 0.717) is 6.04 Å². The zero-order valence-corrected chi connectivity index (χ0v) is 12.0. The number of aromatic nitrogens is 1. The summed E-state index contributed by atoms with van der Waals surface area (Å²) < 4.78 is 0. The van der Waals surface area contributed by atoms with Crippen LogP contribution in [0.3, 0.4) is 0 Å². The lowest BCUT2D eigenvalue weighted by Crippen LogP contribution is -2.38. The van der Waals surface area contributed by atoms with Crippen LogP contribution in [0.2, 0.25) is 0 Å². The molecule has 0 saturated carbocycles. The van der Waals surface area contributed by atoms with Crippen LogP contribution in [-0.4, -0.2) is 25.1 Å². The van der Waals surface area contributed by atoms with Crippen LogP contribution in [0.5, 0.6) is 0 Å². The van der Waals surface area contributed by atoms with E-state index in [2.05, 4.69) is 36.0 Å². The summed E-state index contributed by atoms with van der Waals surface area (Å²) in [6, 6.07) is 0.405. The molecule has 1 saturated heterocycles. The summed E-state index contributed by atoms with van der Waals surface area (Å²) in [5.74, 6) is 1.62. The fourth-order valence-corrected chi connectivity index (χ4v) is 3.21. The standard InChI is InChI=1S/C13H23N3S/c1-9-5-6-16(8-10(9)2)13-15-7-12(17-13)11(3)14-4/h7,9-11,14H,5-6,8H2,1-4H3. The van der Waals surface area contributed by atoms with Crippen LogP contribution in [-0.2, 0) is 0 Å². The van der Waals surface area contributed by atoms with Crippen molar-refractivity contribution in [1.82, 2.24) is 10.3 Å². The molecule has 1 fully saturated rings. The van der Waals surface area contributed by atoms with Gasteiger partial charge in [0.2, 0.25) is 0 Å². The molecule has 0 radical (unpaired) electrons. The van der Waals surface area contributed by atoms with Crippen LogP contribution in [0.4, 0.5) is 5.13 Å². The van der Waals surface area contributed by atoms with Crippen LogP contribution in [0.1, 0.15) is 38.1 Å². The number of piperidine rings is 1. The number of hydrogen-bond acceptors (Lipinski definition) is 4. The third-order valence-electron chi connectivity index (χ3n) is 3.98. The molecule has 2 rings (SSSR count). The normalized spacial score (nSPS) is 27.2. The molecule has 17 heavy (non-hydrogen) atoms. The lowest BCUT2D eigenvalue weighted by atomic mass is 9.89. The molecule has 3 atom stereocenters. The number of nitrogens with zero attached hydrogens (tertiary/aromatic N) is 2. The van der Waals surface area contributed by atoms with Crippen LogP contribution in [0, 0.1) is 11.8 Å². The first kappa shape index (κ1) is 12.8. The molecular weight excluding hydrogens is 230 g/mol. The number of hydrogen-bond donors (Lipinski definition) is 1. The van der Waals surface area contributed by atoms with Crippen molar-refractivity contribution in [2.75, 3.05) is 25.0 Å². The van der Waals surface area contributed by atoms with Gasteiger partial charge >= 0.3 is 0 Å². The maximum absolute atomic E-state index is 4.57. The molecular formula is C13H23N3S. The first-order valence-corrected chi connectivity index (χ1v) is 7.31. The van der Waals surface area contributed by atoms with Crippen LogP contribution < -0.4 is 10.2 Å². The summed E-state index contributed by atoms with van der Waals surface area (Å²) in [7, 11) is 1.99. The predicted octanol–water partition coefficient (Wildman–Crippen LogP) is 2.91. The molecule has 1 aromatic heterocycles. The van der Waals surface area contributed by atoms with Crippen LogP contribution in [0.15, 0.2) is 6.20 Å². The topological polar surface area (TPSA) is 28.2 Å². The lowest BCUT2D eigenvalue weighted by molar-refractivity contribution is 0.324. The second-order valence-corrected chi connectivity index (χ2v) is 6.29. The molecule has 0 bridgehead atoms. The van der Waals surface area contributed by atoms with Gasteiger partial charge in [-0.1, -0.05) is 13.8 Å². The second kappa shape index (κ2) is 5.36. The van der Waals surface area contributed by atoms with E-state index in [-0.39, 0.29) is 0 Å². The fraction of sp³-hybridized carbons (Fsp3) is 0.769. The molecule has 1 aliphatic heterocycles. The third-order valence-corrected chi connectivity index (χ3v) is 5.22. The second-order valence-electron chi connectivity index (χ2n) is 5.24. The largest absolute Gasteiger partial charge is 0.348 e. The quantitative estimate of drug-likeness (QED) is 0.898. The Morgan fingerprint density at radius 3 is 2.88 bits per heavy atom. The van der Waals surface area contributed by atoms with Gasteiger partial charge in [-0.05, 0) is 32.2 Å². The predicted molar refractivity (Wildman–Crippen MR) is 74.7 cm³/mol. The molecule has 96 valence electrons. The highest BCUT2D eigenvalue weighted by Crippen LogP contribution is 2.31. The van der Waals surface area contributed by atoms with Crippen molar-refractivity contribution in [3.8, 4) is 0 Å². The number of rotatable bonds is 3. The number of nitrogens with one attached hydrogen (secondary N) is 1. The van der Waals surface area contributed by atoms with Gasteiger partial charge < -0.3 is 10.2 Å². The van der Waals surface area contributed by atoms with Crippen molar-refractivity contribution < 1.29 is 0 Å². The zero-order chi connectivity index (χ0) is 12.4. The van der Waals surface area contributed by atoms with Gasteiger partial charge in [0.15, 0.2) is 5.13 Å². The van der Waals surface area contributed by atoms with Crippen molar-refractivity contribution in [2.45, 2.75) is 33.2 Å². The van der Waals surface area contributed by atoms with Gasteiger partial charge in [0.05, 0.1) is 0 Å². The molecule has 3 nitrogen and oxygen atoms in total. The van der Waals surface area contributed by atoms with E-state index in [0.717, 1.165) is 24.9 Å². The summed E-state index contributed by atoms with van der Waals surface area (Å²) in [4.78, 5) is 8.35. The first-order valence-electron chi connectivity index (χ1n) is 6.49. The minimum atomic E-state index is 0.405. The van der Waals surface area contributed by atoms with E-state index < -0.39 is 0 Å². The fourth-order valence-electron chi connectivity index (χ4n) is 2.20. The first-order chi connectivity index (χ1) is 8.11. The maximum Gasteiger partial charge on any atom is 0.185 e. The van der Waals surface area contributed by atoms with E-state index in [9.17, 15) is 0 Å². The minimum absolute atomic E-state index is 0.405. The van der Waals surface area contributed by atoms with Crippen molar-refractivity contribution in [2.24, 2.45) is 11.8 Å². The minimum Gasteiger partial charge on any atom is -0.348 e. The molecule has 0 spiro atoms. The van der Waals surface area contributed by atoms with Crippen LogP contribution in [0.25, 0.3) is 0 Å². The summed E-state index contributed by atoms with van der Waals surface area (Å²) >= 11 is 1.83. The van der Waals surface area contributed by atoms with Gasteiger partial charge in [-0.25, -0.2) is 4.98 Å². The Morgan fingerprint density at radius 1 is 1.47 bits per heavy atom. The third kappa shape index (κ3) is 2.80. The van der Waals surface area contributed by atoms with Crippen molar-refractivity contribution in [3.05, 3.63) is 11.1 Å². The molecule has 1 aromatic rings. The molecule has 0 aromatic carbocycles. The maximum atomic E-state index is 4.57. The Morgan fingerprint density at radius 2 is 2.24 bits per heavy atom. The summed E-state index contributed by atoms with van der Waals surface area (Å²) in [6.45, 7) is 9.20. The highest BCUT2D eigenvalue weighted by atomic mass is 32.1. The highest BCUT2D eigenvalue weighted by molar-refractivity contribution is 7.15. The average molecular weight is 253 g/mol. The van der Waals surface area contributed by atoms with E-state index in [1.165, 1.54) is 16.4 Å². The Labute approximate surface area is 108 Å². The molecule has 0 aliphatic carbocycles. The van der Waals surface area contributed by atoms with Gasteiger partial charge in [0, 0.05) is 30.2 Å². The SMILES string of the molecule is CNC(C)c1cnc(N2CCC(C)C(C)C2)s1. The molecule has 1 N–H and O–H groups in total. The Kier molecular flexibility index (Phi) is 4.05. The van der Waals surface area contributed by atoms with E-state index in [1.54, 1.807) is 0 Å². The van der Waals surface area contributed by atoms with Gasteiger partial charge in [0.1, 0.15) is 0 Å². The van der Waals surface area contributed by atoms with E-state index in [4.69, 9.17) is 0 Å². The molecule has 2 heterocycles. The zero-order valence-electron chi connectivity index (χ0n) is 11.2. The van der Waals surface area contributed by atoms with Gasteiger partial charge in [0.25, 0.3) is 0 Å².